The largest absolute Gasteiger partial charge is 0.374 e. The molecule has 0 saturated heterocycles. The van der Waals surface area contributed by atoms with Gasteiger partial charge in [0.1, 0.15) is 5.82 Å². The molecule has 3 heteroatoms. The molecule has 0 atom stereocenters. The van der Waals surface area contributed by atoms with Crippen molar-refractivity contribution in [2.24, 2.45) is 5.92 Å². The highest BCUT2D eigenvalue weighted by Crippen LogP contribution is 2.27. The van der Waals surface area contributed by atoms with Crippen molar-refractivity contribution in [3.05, 3.63) is 29.6 Å². The second-order valence-corrected chi connectivity index (χ2v) is 5.21. The molecule has 1 aliphatic rings. The third-order valence-corrected chi connectivity index (χ3v) is 3.78. The van der Waals surface area contributed by atoms with E-state index in [0.717, 1.165) is 18.5 Å². The van der Waals surface area contributed by atoms with Gasteiger partial charge in [-0.25, -0.2) is 4.39 Å². The number of hydrogen-bond donors (Lipinski definition) is 0. The lowest BCUT2D eigenvalue weighted by Crippen LogP contribution is -2.27. The van der Waals surface area contributed by atoms with Crippen molar-refractivity contribution >= 4 is 12.0 Å². The van der Waals surface area contributed by atoms with Crippen LogP contribution in [0.2, 0.25) is 0 Å². The highest BCUT2D eigenvalue weighted by atomic mass is 19.1. The predicted molar refractivity (Wildman–Crippen MR) is 71.6 cm³/mol. The fourth-order valence-electron chi connectivity index (χ4n) is 2.82. The fourth-order valence-corrected chi connectivity index (χ4v) is 2.82. The highest BCUT2D eigenvalue weighted by Gasteiger charge is 2.17. The number of carbonyl (C=O) groups is 1. The average Bonchev–Trinajstić information content (AvgIpc) is 2.39. The Kier molecular flexibility index (Phi) is 4.34. The summed E-state index contributed by atoms with van der Waals surface area (Å²) in [6, 6.07) is 4.42. The summed E-state index contributed by atoms with van der Waals surface area (Å²) < 4.78 is 13.1. The Hall–Kier alpha value is -1.38. The molecule has 1 fully saturated rings. The van der Waals surface area contributed by atoms with Crippen LogP contribution in [0.15, 0.2) is 18.2 Å². The van der Waals surface area contributed by atoms with Gasteiger partial charge in [0, 0.05) is 24.8 Å². The van der Waals surface area contributed by atoms with Gasteiger partial charge in [0.15, 0.2) is 6.29 Å². The molecule has 1 saturated carbocycles. The van der Waals surface area contributed by atoms with Crippen LogP contribution < -0.4 is 4.90 Å². The third-order valence-electron chi connectivity index (χ3n) is 3.78. The quantitative estimate of drug-likeness (QED) is 0.759. The molecule has 0 unspecified atom stereocenters. The van der Waals surface area contributed by atoms with E-state index in [-0.39, 0.29) is 5.82 Å². The van der Waals surface area contributed by atoms with E-state index in [1.54, 1.807) is 6.07 Å². The van der Waals surface area contributed by atoms with E-state index in [9.17, 15) is 9.18 Å². The molecule has 0 bridgehead atoms. The fraction of sp³-hybridized carbons (Fsp3) is 0.533. The van der Waals surface area contributed by atoms with Gasteiger partial charge in [-0.2, -0.15) is 0 Å². The van der Waals surface area contributed by atoms with Gasteiger partial charge in [-0.15, -0.1) is 0 Å². The molecule has 1 aliphatic carbocycles. The van der Waals surface area contributed by atoms with Crippen LogP contribution in [-0.2, 0) is 0 Å². The zero-order valence-corrected chi connectivity index (χ0v) is 10.9. The summed E-state index contributed by atoms with van der Waals surface area (Å²) in [6.07, 6.45) is 7.22. The predicted octanol–water partition coefficient (Wildman–Crippen LogP) is 3.65. The molecule has 2 rings (SSSR count). The van der Waals surface area contributed by atoms with Gasteiger partial charge < -0.3 is 4.90 Å². The van der Waals surface area contributed by atoms with Crippen molar-refractivity contribution in [1.82, 2.24) is 0 Å². The van der Waals surface area contributed by atoms with Crippen molar-refractivity contribution in [2.45, 2.75) is 32.1 Å². The first-order chi connectivity index (χ1) is 8.70. The van der Waals surface area contributed by atoms with Crippen molar-refractivity contribution in [1.29, 1.82) is 0 Å². The van der Waals surface area contributed by atoms with E-state index in [4.69, 9.17) is 0 Å². The molecule has 98 valence electrons. The summed E-state index contributed by atoms with van der Waals surface area (Å²) in [6.45, 7) is 0.951. The molecule has 0 aliphatic heterocycles. The van der Waals surface area contributed by atoms with Crippen molar-refractivity contribution in [2.75, 3.05) is 18.5 Å². The number of hydrogen-bond acceptors (Lipinski definition) is 2. The Morgan fingerprint density at radius 3 is 2.72 bits per heavy atom. The first-order valence-electron chi connectivity index (χ1n) is 6.66. The molecule has 0 aromatic heterocycles. The summed E-state index contributed by atoms with van der Waals surface area (Å²) >= 11 is 0. The third kappa shape index (κ3) is 3.09. The monoisotopic (exact) mass is 249 g/mol. The Bertz CT molecular complexity index is 413. The first-order valence-corrected chi connectivity index (χ1v) is 6.66. The minimum atomic E-state index is -0.355. The number of halogens is 1. The normalized spacial score (nSPS) is 16.6. The maximum atomic E-state index is 13.1. The summed E-state index contributed by atoms with van der Waals surface area (Å²) in [5, 5.41) is 0. The minimum absolute atomic E-state index is 0.355. The topological polar surface area (TPSA) is 20.3 Å². The van der Waals surface area contributed by atoms with E-state index in [1.807, 2.05) is 7.05 Å². The van der Waals surface area contributed by atoms with Crippen LogP contribution in [0.1, 0.15) is 42.5 Å². The second kappa shape index (κ2) is 5.98. The summed E-state index contributed by atoms with van der Waals surface area (Å²) in [7, 11) is 1.98. The van der Waals surface area contributed by atoms with E-state index in [0.29, 0.717) is 11.5 Å². The second-order valence-electron chi connectivity index (χ2n) is 5.21. The smallest absolute Gasteiger partial charge is 0.152 e. The Morgan fingerprint density at radius 1 is 1.33 bits per heavy atom. The van der Waals surface area contributed by atoms with Crippen LogP contribution in [0.25, 0.3) is 0 Å². The van der Waals surface area contributed by atoms with E-state index in [1.165, 1.54) is 44.2 Å². The Balaban J connectivity index is 2.07. The Labute approximate surface area is 108 Å². The number of rotatable bonds is 4. The number of anilines is 1. The van der Waals surface area contributed by atoms with Gasteiger partial charge in [0.25, 0.3) is 0 Å². The highest BCUT2D eigenvalue weighted by molar-refractivity contribution is 5.84. The maximum absolute atomic E-state index is 13.1. The summed E-state index contributed by atoms with van der Waals surface area (Å²) in [5.74, 6) is 0.347. The van der Waals surface area contributed by atoms with Gasteiger partial charge in [-0.1, -0.05) is 19.3 Å². The van der Waals surface area contributed by atoms with Gasteiger partial charge in [0.2, 0.25) is 0 Å². The zero-order chi connectivity index (χ0) is 13.0. The molecule has 0 spiro atoms. The molecule has 1 aromatic carbocycles. The van der Waals surface area contributed by atoms with E-state index < -0.39 is 0 Å². The molecule has 0 heterocycles. The van der Waals surface area contributed by atoms with Crippen LogP contribution in [0.3, 0.4) is 0 Å². The minimum Gasteiger partial charge on any atom is -0.374 e. The lowest BCUT2D eigenvalue weighted by atomic mass is 9.89. The molecule has 2 nitrogen and oxygen atoms in total. The van der Waals surface area contributed by atoms with Crippen LogP contribution in [-0.4, -0.2) is 19.9 Å². The van der Waals surface area contributed by atoms with Crippen molar-refractivity contribution in [3.8, 4) is 0 Å². The lowest BCUT2D eigenvalue weighted by molar-refractivity contribution is 0.112. The summed E-state index contributed by atoms with van der Waals surface area (Å²) in [4.78, 5) is 13.1. The number of benzene rings is 1. The number of aldehydes is 1. The molecule has 0 N–H and O–H groups in total. The Morgan fingerprint density at radius 2 is 2.06 bits per heavy atom. The van der Waals surface area contributed by atoms with Crippen LogP contribution in [0, 0.1) is 11.7 Å². The standard InChI is InChI=1S/C15H20FNO/c1-17(10-12-5-3-2-4-6-12)15-8-7-14(16)9-13(15)11-18/h7-9,11-12H,2-6,10H2,1H3. The van der Waals surface area contributed by atoms with Gasteiger partial charge in [0.05, 0.1) is 0 Å². The molecule has 0 radical (unpaired) electrons. The zero-order valence-electron chi connectivity index (χ0n) is 10.9. The van der Waals surface area contributed by atoms with Crippen LogP contribution >= 0.6 is 0 Å². The van der Waals surface area contributed by atoms with E-state index in [2.05, 4.69) is 4.90 Å². The lowest BCUT2D eigenvalue weighted by Gasteiger charge is -2.29. The SMILES string of the molecule is CN(CC1CCCCC1)c1ccc(F)cc1C=O. The molecule has 1 aromatic rings. The molecule has 18 heavy (non-hydrogen) atoms. The summed E-state index contributed by atoms with van der Waals surface area (Å²) in [5.41, 5.74) is 1.27. The van der Waals surface area contributed by atoms with Gasteiger partial charge >= 0.3 is 0 Å². The van der Waals surface area contributed by atoms with Crippen LogP contribution in [0.4, 0.5) is 10.1 Å². The molecule has 0 amide bonds. The number of nitrogens with zero attached hydrogens (tertiary/aromatic N) is 1. The van der Waals surface area contributed by atoms with Crippen LogP contribution in [0.5, 0.6) is 0 Å². The van der Waals surface area contributed by atoms with Gasteiger partial charge in [-0.05, 0) is 37.0 Å². The van der Waals surface area contributed by atoms with Crippen molar-refractivity contribution in [3.63, 3.8) is 0 Å². The van der Waals surface area contributed by atoms with E-state index >= 15 is 0 Å². The average molecular weight is 249 g/mol. The van der Waals surface area contributed by atoms with Crippen molar-refractivity contribution < 1.29 is 9.18 Å². The molecular weight excluding hydrogens is 229 g/mol. The maximum Gasteiger partial charge on any atom is 0.152 e. The number of carbonyl (C=O) groups excluding carboxylic acids is 1. The first kappa shape index (κ1) is 13.1. The van der Waals surface area contributed by atoms with Gasteiger partial charge in [-0.3, -0.25) is 4.79 Å². The molecular formula is C15H20FNO.